The third-order valence-electron chi connectivity index (χ3n) is 7.37. The number of rotatable bonds is 8. The summed E-state index contributed by atoms with van der Waals surface area (Å²) in [6, 6.07) is 3.79. The maximum Gasteiger partial charge on any atom is 0.286 e. The molecule has 11 nitrogen and oxygen atoms in total. The summed E-state index contributed by atoms with van der Waals surface area (Å²) in [6.45, 7) is 3.67. The molecule has 2 aliphatic heterocycles. The van der Waals surface area contributed by atoms with Gasteiger partial charge in [-0.25, -0.2) is 8.42 Å². The fourth-order valence-electron chi connectivity index (χ4n) is 5.39. The van der Waals surface area contributed by atoms with Gasteiger partial charge in [0, 0.05) is 18.3 Å². The molecule has 1 aromatic carbocycles. The van der Waals surface area contributed by atoms with Gasteiger partial charge < -0.3 is 15.3 Å². The standard InChI is InChI=1S/C24H34N4O7S2/c1-15(2)10-11-24(14-29)13-28(17-6-4-5-7-17)23(31)20(21(24)30)22-25-18-9-8-16(26-36(3,32)33)12-19(18)37(34,35)27-22/h8-9,12,15,17,20,26,29H,4-7,10-11,13-14H2,1-3H3,(H,25,27). The van der Waals surface area contributed by atoms with Crippen molar-refractivity contribution in [3.05, 3.63) is 18.2 Å². The van der Waals surface area contributed by atoms with Crippen molar-refractivity contribution >= 4 is 48.9 Å². The second-order valence-electron chi connectivity index (χ2n) is 10.7. The first kappa shape index (κ1) is 27.5. The summed E-state index contributed by atoms with van der Waals surface area (Å²) in [6.07, 6.45) is 5.45. The fraction of sp³-hybridized carbons (Fsp3) is 0.625. The summed E-state index contributed by atoms with van der Waals surface area (Å²) < 4.78 is 55.5. The molecule has 1 saturated heterocycles. The number of amides is 1. The minimum Gasteiger partial charge on any atom is -0.395 e. The lowest BCUT2D eigenvalue weighted by Gasteiger charge is -2.46. The Morgan fingerprint density at radius 1 is 1.24 bits per heavy atom. The number of benzene rings is 1. The lowest BCUT2D eigenvalue weighted by atomic mass is 9.69. The van der Waals surface area contributed by atoms with Crippen LogP contribution in [0.15, 0.2) is 27.5 Å². The zero-order chi connectivity index (χ0) is 27.2. The predicted molar refractivity (Wildman–Crippen MR) is 139 cm³/mol. The van der Waals surface area contributed by atoms with Gasteiger partial charge in [-0.3, -0.25) is 14.3 Å². The van der Waals surface area contributed by atoms with E-state index >= 15 is 0 Å². The number of nitrogens with one attached hydrogen (secondary N) is 2. The zero-order valence-corrected chi connectivity index (χ0v) is 22.9. The molecule has 0 bridgehead atoms. The van der Waals surface area contributed by atoms with Crippen LogP contribution < -0.4 is 10.0 Å². The van der Waals surface area contributed by atoms with E-state index in [1.807, 2.05) is 13.8 Å². The summed E-state index contributed by atoms with van der Waals surface area (Å²) in [5, 5.41) is 13.3. The molecule has 0 radical (unpaired) electrons. The van der Waals surface area contributed by atoms with Crippen LogP contribution in [0.5, 0.6) is 0 Å². The van der Waals surface area contributed by atoms with Gasteiger partial charge in [0.1, 0.15) is 10.7 Å². The average Bonchev–Trinajstić information content (AvgIpc) is 3.33. The molecule has 204 valence electrons. The topological polar surface area (TPSA) is 162 Å². The minimum atomic E-state index is -4.37. The number of fused-ring (bicyclic) bond motifs is 1. The third kappa shape index (κ3) is 5.53. The molecule has 1 aliphatic carbocycles. The number of carbonyl (C=O) groups excluding carboxylic acids is 2. The Hall–Kier alpha value is -2.51. The molecule has 2 unspecified atom stereocenters. The SMILES string of the molecule is CC(C)CCC1(CO)CN(C2CCCC2)C(=O)C(C2=NS(=O)(=O)c3cc(NS(C)(=O)=O)ccc3N2)C1=O. The first-order valence-electron chi connectivity index (χ1n) is 12.5. The Balaban J connectivity index is 1.75. The number of aliphatic hydroxyl groups is 1. The Morgan fingerprint density at radius 3 is 2.51 bits per heavy atom. The summed E-state index contributed by atoms with van der Waals surface area (Å²) in [4.78, 5) is 29.0. The van der Waals surface area contributed by atoms with Crippen molar-refractivity contribution in [3.8, 4) is 0 Å². The maximum absolute atomic E-state index is 13.9. The number of nitrogens with zero attached hydrogens (tertiary/aromatic N) is 2. The van der Waals surface area contributed by atoms with Crippen molar-refractivity contribution in [1.29, 1.82) is 0 Å². The molecule has 0 spiro atoms. The van der Waals surface area contributed by atoms with E-state index in [0.717, 1.165) is 38.0 Å². The molecule has 2 heterocycles. The van der Waals surface area contributed by atoms with Crippen LogP contribution >= 0.6 is 0 Å². The molecule has 1 amide bonds. The van der Waals surface area contributed by atoms with Crippen LogP contribution in [0.2, 0.25) is 0 Å². The smallest absolute Gasteiger partial charge is 0.286 e. The Bertz CT molecular complexity index is 1330. The van der Waals surface area contributed by atoms with Crippen LogP contribution in [-0.4, -0.2) is 69.8 Å². The molecule has 3 aliphatic rings. The van der Waals surface area contributed by atoms with Gasteiger partial charge in [-0.05, 0) is 49.8 Å². The number of hydrogen-bond acceptors (Lipinski definition) is 8. The van der Waals surface area contributed by atoms with Crippen LogP contribution in [-0.2, 0) is 29.6 Å². The highest BCUT2D eigenvalue weighted by molar-refractivity contribution is 7.92. The minimum absolute atomic E-state index is 0.0375. The van der Waals surface area contributed by atoms with Crippen LogP contribution in [0.3, 0.4) is 0 Å². The van der Waals surface area contributed by atoms with Crippen molar-refractivity contribution in [2.75, 3.05) is 29.4 Å². The zero-order valence-electron chi connectivity index (χ0n) is 21.2. The lowest BCUT2D eigenvalue weighted by molar-refractivity contribution is -0.156. The van der Waals surface area contributed by atoms with Crippen molar-refractivity contribution in [1.82, 2.24) is 4.90 Å². The number of likely N-dealkylation sites (tertiary alicyclic amines) is 1. The number of hydrogen-bond donors (Lipinski definition) is 3. The first-order valence-corrected chi connectivity index (χ1v) is 15.8. The number of ketones is 1. The second kappa shape index (κ2) is 9.99. The van der Waals surface area contributed by atoms with Crippen molar-refractivity contribution in [3.63, 3.8) is 0 Å². The molecule has 1 saturated carbocycles. The van der Waals surface area contributed by atoms with E-state index in [9.17, 15) is 31.5 Å². The molecule has 13 heteroatoms. The summed E-state index contributed by atoms with van der Waals surface area (Å²) in [5.41, 5.74) is -1.10. The highest BCUT2D eigenvalue weighted by atomic mass is 32.2. The fourth-order valence-corrected chi connectivity index (χ4v) is 7.12. The van der Waals surface area contributed by atoms with Gasteiger partial charge >= 0.3 is 0 Å². The molecule has 4 rings (SSSR count). The predicted octanol–water partition coefficient (Wildman–Crippen LogP) is 1.96. The van der Waals surface area contributed by atoms with E-state index in [1.54, 1.807) is 4.90 Å². The van der Waals surface area contributed by atoms with Gasteiger partial charge in [0.2, 0.25) is 15.9 Å². The molecule has 0 aromatic heterocycles. The van der Waals surface area contributed by atoms with Gasteiger partial charge in [0.25, 0.3) is 10.0 Å². The Morgan fingerprint density at radius 2 is 1.92 bits per heavy atom. The molecule has 2 atom stereocenters. The monoisotopic (exact) mass is 554 g/mol. The number of amidine groups is 1. The largest absolute Gasteiger partial charge is 0.395 e. The molecule has 3 N–H and O–H groups in total. The van der Waals surface area contributed by atoms with Gasteiger partial charge in [-0.1, -0.05) is 26.7 Å². The quantitative estimate of drug-likeness (QED) is 0.411. The van der Waals surface area contributed by atoms with Crippen LogP contribution in [0.25, 0.3) is 0 Å². The van der Waals surface area contributed by atoms with Crippen LogP contribution in [0.1, 0.15) is 52.4 Å². The van der Waals surface area contributed by atoms with E-state index in [-0.39, 0.29) is 40.6 Å². The summed E-state index contributed by atoms with van der Waals surface area (Å²) in [5.74, 6) is -2.57. The third-order valence-corrected chi connectivity index (χ3v) is 9.31. The number of Topliss-reactive ketones (excluding diaryl/α,β-unsaturated/α-hetero) is 1. The average molecular weight is 555 g/mol. The summed E-state index contributed by atoms with van der Waals surface area (Å²) in [7, 11) is -8.01. The number of carbonyl (C=O) groups is 2. The van der Waals surface area contributed by atoms with Crippen LogP contribution in [0.4, 0.5) is 11.4 Å². The number of anilines is 2. The molecule has 1 aromatic rings. The van der Waals surface area contributed by atoms with Crippen molar-refractivity contribution < 1.29 is 31.5 Å². The lowest BCUT2D eigenvalue weighted by Crippen LogP contribution is -2.63. The Kier molecular flexibility index (Phi) is 7.43. The van der Waals surface area contributed by atoms with Gasteiger partial charge in [-0.15, -0.1) is 4.40 Å². The molecule has 37 heavy (non-hydrogen) atoms. The van der Waals surface area contributed by atoms with Crippen molar-refractivity contribution in [2.45, 2.75) is 63.3 Å². The molecular formula is C24H34N4O7S2. The summed E-state index contributed by atoms with van der Waals surface area (Å²) >= 11 is 0. The van der Waals surface area contributed by atoms with E-state index in [4.69, 9.17) is 0 Å². The van der Waals surface area contributed by atoms with E-state index < -0.39 is 49.7 Å². The normalized spacial score (nSPS) is 26.1. The van der Waals surface area contributed by atoms with E-state index in [0.29, 0.717) is 12.8 Å². The number of sulfonamides is 2. The molecular weight excluding hydrogens is 520 g/mol. The maximum atomic E-state index is 13.9. The van der Waals surface area contributed by atoms with Gasteiger partial charge in [0.15, 0.2) is 11.7 Å². The second-order valence-corrected chi connectivity index (χ2v) is 14.1. The first-order chi connectivity index (χ1) is 17.3. The Labute approximate surface area is 217 Å². The van der Waals surface area contributed by atoms with Crippen LogP contribution in [0, 0.1) is 17.3 Å². The van der Waals surface area contributed by atoms with Crippen molar-refractivity contribution in [2.24, 2.45) is 21.6 Å². The van der Waals surface area contributed by atoms with Gasteiger partial charge in [-0.2, -0.15) is 8.42 Å². The highest BCUT2D eigenvalue weighted by Gasteiger charge is 2.55. The van der Waals surface area contributed by atoms with E-state index in [2.05, 4.69) is 14.4 Å². The highest BCUT2D eigenvalue weighted by Crippen LogP contribution is 2.41. The number of aliphatic hydroxyl groups excluding tert-OH is 1. The van der Waals surface area contributed by atoms with Gasteiger partial charge in [0.05, 0.1) is 24.0 Å². The van der Waals surface area contributed by atoms with E-state index in [1.165, 1.54) is 12.1 Å². The number of piperidine rings is 1. The molecule has 2 fully saturated rings.